The lowest BCUT2D eigenvalue weighted by atomic mass is 10.1. The molecule has 0 aliphatic rings. The number of esters is 1. The molecule has 2 aromatic rings. The molecule has 0 heterocycles. The summed E-state index contributed by atoms with van der Waals surface area (Å²) in [5.74, 6) is -1.13. The normalized spacial score (nSPS) is 12.1. The van der Waals surface area contributed by atoms with E-state index in [0.717, 1.165) is 0 Å². The van der Waals surface area contributed by atoms with Crippen LogP contribution in [-0.4, -0.2) is 39.1 Å². The highest BCUT2D eigenvalue weighted by atomic mass is 32.2. The van der Waals surface area contributed by atoms with Crippen molar-refractivity contribution in [3.05, 3.63) is 59.7 Å². The fraction of sp³-hybridized carbons (Fsp3) is 0.222. The van der Waals surface area contributed by atoms with Gasteiger partial charge in [-0.25, -0.2) is 13.2 Å². The number of likely N-dealkylation sites (N-methyl/N-ethyl adjacent to an activating group) is 1. The molecule has 9 heteroatoms. The van der Waals surface area contributed by atoms with Crippen LogP contribution >= 0.6 is 0 Å². The maximum atomic E-state index is 12.4. The van der Waals surface area contributed by atoms with Gasteiger partial charge in [-0.1, -0.05) is 12.1 Å². The third-order valence-corrected chi connectivity index (χ3v) is 5.06. The molecule has 3 N–H and O–H groups in total. The molecule has 0 fully saturated rings. The van der Waals surface area contributed by atoms with Crippen LogP contribution in [0.4, 0.5) is 5.69 Å². The number of sulfonamides is 1. The average molecular weight is 392 g/mol. The second-order valence-corrected chi connectivity index (χ2v) is 7.36. The van der Waals surface area contributed by atoms with Crippen LogP contribution in [0.3, 0.4) is 0 Å². The van der Waals surface area contributed by atoms with E-state index in [4.69, 9.17) is 4.74 Å². The Morgan fingerprint density at radius 3 is 2.19 bits per heavy atom. The van der Waals surface area contributed by atoms with Crippen molar-refractivity contribution in [2.24, 2.45) is 0 Å². The summed E-state index contributed by atoms with van der Waals surface area (Å²) in [4.78, 5) is 22.9. The molecule has 8 nitrogen and oxygen atoms in total. The smallest absolute Gasteiger partial charge is 0.338 e. The van der Waals surface area contributed by atoms with E-state index in [2.05, 4.69) is 10.0 Å². The minimum atomic E-state index is -3.81. The number of aliphatic hydroxyl groups excluding tert-OH is 1. The number of benzene rings is 2. The Bertz CT molecular complexity index is 906. The highest BCUT2D eigenvalue weighted by molar-refractivity contribution is 7.92. The molecule has 0 spiro atoms. The number of nitrogens with one attached hydrogen (secondary N) is 2. The lowest BCUT2D eigenvalue weighted by Crippen LogP contribution is -2.25. The van der Waals surface area contributed by atoms with Gasteiger partial charge in [-0.2, -0.15) is 0 Å². The van der Waals surface area contributed by atoms with Crippen LogP contribution in [0.25, 0.3) is 0 Å². The molecule has 1 amide bonds. The van der Waals surface area contributed by atoms with Crippen molar-refractivity contribution < 1.29 is 27.9 Å². The van der Waals surface area contributed by atoms with E-state index >= 15 is 0 Å². The molecule has 27 heavy (non-hydrogen) atoms. The van der Waals surface area contributed by atoms with Crippen LogP contribution in [0.1, 0.15) is 28.9 Å². The number of anilines is 1. The van der Waals surface area contributed by atoms with Crippen molar-refractivity contribution in [3.63, 3.8) is 0 Å². The molecule has 144 valence electrons. The Balaban J connectivity index is 2.06. The molecule has 0 aliphatic carbocycles. The second kappa shape index (κ2) is 8.65. The van der Waals surface area contributed by atoms with E-state index in [1.165, 1.54) is 55.6 Å². The van der Waals surface area contributed by atoms with Gasteiger partial charge in [0.2, 0.25) is 0 Å². The zero-order valence-corrected chi connectivity index (χ0v) is 15.6. The fourth-order valence-corrected chi connectivity index (χ4v) is 3.16. The molecule has 0 aromatic heterocycles. The highest BCUT2D eigenvalue weighted by Crippen LogP contribution is 2.19. The van der Waals surface area contributed by atoms with E-state index in [1.807, 2.05) is 0 Å². The highest BCUT2D eigenvalue weighted by Gasteiger charge is 2.15. The summed E-state index contributed by atoms with van der Waals surface area (Å²) < 4.78 is 32.0. The van der Waals surface area contributed by atoms with Gasteiger partial charge >= 0.3 is 5.97 Å². The molecule has 0 bridgehead atoms. The second-order valence-electron chi connectivity index (χ2n) is 5.68. The summed E-state index contributed by atoms with van der Waals surface area (Å²) in [6, 6.07) is 11.5. The summed E-state index contributed by atoms with van der Waals surface area (Å²) >= 11 is 0. The van der Waals surface area contributed by atoms with Crippen molar-refractivity contribution in [2.45, 2.75) is 17.9 Å². The topological polar surface area (TPSA) is 122 Å². The SMILES string of the molecule is CNC(=O)COC(=O)c1ccc(NS(=O)(=O)c2ccc([C@H](C)O)cc2)cc1. The van der Waals surface area contributed by atoms with E-state index in [0.29, 0.717) is 5.56 Å². The van der Waals surface area contributed by atoms with Crippen molar-refractivity contribution in [2.75, 3.05) is 18.4 Å². The third-order valence-electron chi connectivity index (χ3n) is 3.66. The van der Waals surface area contributed by atoms with Gasteiger partial charge < -0.3 is 15.2 Å². The lowest BCUT2D eigenvalue weighted by Gasteiger charge is -2.10. The average Bonchev–Trinajstić information content (AvgIpc) is 2.66. The molecule has 0 saturated heterocycles. The van der Waals surface area contributed by atoms with Crippen molar-refractivity contribution in [1.29, 1.82) is 0 Å². The number of aliphatic hydroxyl groups is 1. The predicted octanol–water partition coefficient (Wildman–Crippen LogP) is 1.44. The van der Waals surface area contributed by atoms with Gasteiger partial charge in [0.15, 0.2) is 6.61 Å². The van der Waals surface area contributed by atoms with Crippen molar-refractivity contribution in [1.82, 2.24) is 5.32 Å². The number of hydrogen-bond acceptors (Lipinski definition) is 6. The van der Waals surface area contributed by atoms with E-state index in [-0.39, 0.29) is 16.1 Å². The van der Waals surface area contributed by atoms with Gasteiger partial charge in [0.25, 0.3) is 15.9 Å². The Morgan fingerprint density at radius 1 is 1.07 bits per heavy atom. The molecule has 0 radical (unpaired) electrons. The number of amides is 1. The first-order valence-electron chi connectivity index (χ1n) is 8.01. The van der Waals surface area contributed by atoms with Gasteiger partial charge in [-0.05, 0) is 48.9 Å². The summed E-state index contributed by atoms with van der Waals surface area (Å²) in [5, 5.41) is 11.8. The third kappa shape index (κ3) is 5.53. The standard InChI is InChI=1S/C18H20N2O6S/c1-12(21)13-5-9-16(10-6-13)27(24,25)20-15-7-3-14(4-8-15)18(23)26-11-17(22)19-2/h3-10,12,20-21H,11H2,1-2H3,(H,19,22)/t12-/m0/s1. The molecule has 0 aliphatic heterocycles. The predicted molar refractivity (Wildman–Crippen MR) is 98.7 cm³/mol. The van der Waals surface area contributed by atoms with E-state index in [1.54, 1.807) is 6.92 Å². The van der Waals surface area contributed by atoms with Crippen LogP contribution in [0.5, 0.6) is 0 Å². The van der Waals surface area contributed by atoms with Gasteiger partial charge in [0, 0.05) is 12.7 Å². The molecule has 2 rings (SSSR count). The Kier molecular flexibility index (Phi) is 6.54. The van der Waals surface area contributed by atoms with Crippen molar-refractivity contribution >= 4 is 27.6 Å². The van der Waals surface area contributed by atoms with Crippen LogP contribution in [-0.2, 0) is 19.6 Å². The summed E-state index contributed by atoms with van der Waals surface area (Å²) in [5.41, 5.74) is 1.05. The zero-order chi connectivity index (χ0) is 20.0. The monoisotopic (exact) mass is 392 g/mol. The Morgan fingerprint density at radius 2 is 1.67 bits per heavy atom. The maximum Gasteiger partial charge on any atom is 0.338 e. The summed E-state index contributed by atoms with van der Waals surface area (Å²) in [6.45, 7) is 1.19. The summed E-state index contributed by atoms with van der Waals surface area (Å²) in [7, 11) is -2.39. The quantitative estimate of drug-likeness (QED) is 0.613. The van der Waals surface area contributed by atoms with Gasteiger partial charge in [0.05, 0.1) is 16.6 Å². The number of carbonyl (C=O) groups is 2. The number of ether oxygens (including phenoxy) is 1. The first-order chi connectivity index (χ1) is 12.7. The van der Waals surface area contributed by atoms with Crippen molar-refractivity contribution in [3.8, 4) is 0 Å². The number of rotatable bonds is 7. The largest absolute Gasteiger partial charge is 0.452 e. The molecular formula is C18H20N2O6S. The lowest BCUT2D eigenvalue weighted by molar-refractivity contribution is -0.123. The van der Waals surface area contributed by atoms with Gasteiger partial charge in [0.1, 0.15) is 0 Å². The summed E-state index contributed by atoms with van der Waals surface area (Å²) in [6.07, 6.45) is -0.689. The maximum absolute atomic E-state index is 12.4. The molecule has 1 atom stereocenters. The van der Waals surface area contributed by atoms with E-state index < -0.39 is 34.6 Å². The zero-order valence-electron chi connectivity index (χ0n) is 14.8. The molecule has 0 saturated carbocycles. The first-order valence-corrected chi connectivity index (χ1v) is 9.50. The molecular weight excluding hydrogens is 372 g/mol. The fourth-order valence-electron chi connectivity index (χ4n) is 2.10. The van der Waals surface area contributed by atoms with E-state index in [9.17, 15) is 23.1 Å². The van der Waals surface area contributed by atoms with Crippen LogP contribution in [0, 0.1) is 0 Å². The minimum Gasteiger partial charge on any atom is -0.452 e. The Hall–Kier alpha value is -2.91. The van der Waals surface area contributed by atoms with Crippen LogP contribution < -0.4 is 10.0 Å². The number of hydrogen-bond donors (Lipinski definition) is 3. The number of carbonyl (C=O) groups excluding carboxylic acids is 2. The van der Waals surface area contributed by atoms with Gasteiger partial charge in [-0.15, -0.1) is 0 Å². The first kappa shape index (κ1) is 20.4. The van der Waals surface area contributed by atoms with Crippen LogP contribution in [0.15, 0.2) is 53.4 Å². The van der Waals surface area contributed by atoms with Crippen LogP contribution in [0.2, 0.25) is 0 Å². The van der Waals surface area contributed by atoms with Gasteiger partial charge in [-0.3, -0.25) is 9.52 Å². The minimum absolute atomic E-state index is 0.0426. The molecule has 2 aromatic carbocycles. The molecule has 0 unspecified atom stereocenters. The Labute approximate surface area is 157 Å².